The van der Waals surface area contributed by atoms with E-state index in [4.69, 9.17) is 0 Å². The molecule has 0 radical (unpaired) electrons. The molecule has 72 valence electrons. The van der Waals surface area contributed by atoms with Gasteiger partial charge in [-0.3, -0.25) is 0 Å². The number of benzene rings is 1. The van der Waals surface area contributed by atoms with Gasteiger partial charge in [0.2, 0.25) is 5.52 Å². The van der Waals surface area contributed by atoms with Crippen LogP contribution in [0.1, 0.15) is 18.1 Å². The molecule has 14 heavy (non-hydrogen) atoms. The van der Waals surface area contributed by atoms with E-state index >= 15 is 0 Å². The highest BCUT2D eigenvalue weighted by Crippen LogP contribution is 2.17. The lowest BCUT2D eigenvalue weighted by Crippen LogP contribution is -2.33. The second-order valence-electron chi connectivity index (χ2n) is 3.74. The first-order chi connectivity index (χ1) is 6.74. The van der Waals surface area contributed by atoms with Gasteiger partial charge in [0.05, 0.1) is 0 Å². The molecule has 0 atom stereocenters. The molecule has 1 heterocycles. The summed E-state index contributed by atoms with van der Waals surface area (Å²) >= 11 is 0. The lowest BCUT2D eigenvalue weighted by molar-refractivity contribution is -0.668. The third-order valence-electron chi connectivity index (χ3n) is 2.90. The molecule has 0 aliphatic heterocycles. The van der Waals surface area contributed by atoms with Crippen LogP contribution in [0.5, 0.6) is 0 Å². The molecule has 0 spiro atoms. The lowest BCUT2D eigenvalue weighted by Gasteiger charge is -2.04. The number of rotatable bonds is 1. The summed E-state index contributed by atoms with van der Waals surface area (Å²) in [6.07, 6.45) is 2.23. The van der Waals surface area contributed by atoms with Gasteiger partial charge in [0.15, 0.2) is 6.20 Å². The highest BCUT2D eigenvalue weighted by Gasteiger charge is 2.10. The summed E-state index contributed by atoms with van der Waals surface area (Å²) in [5.41, 5.74) is 4.09. The first-order valence-corrected chi connectivity index (χ1v) is 5.12. The van der Waals surface area contributed by atoms with Gasteiger partial charge < -0.3 is 0 Å². The van der Waals surface area contributed by atoms with Crippen LogP contribution in [0.4, 0.5) is 0 Å². The van der Waals surface area contributed by atoms with Crippen molar-refractivity contribution in [2.45, 2.75) is 27.3 Å². The van der Waals surface area contributed by atoms with Crippen LogP contribution in [0.2, 0.25) is 0 Å². The molecule has 1 heteroatoms. The van der Waals surface area contributed by atoms with E-state index < -0.39 is 0 Å². The Kier molecular flexibility index (Phi) is 2.24. The van der Waals surface area contributed by atoms with Gasteiger partial charge in [-0.1, -0.05) is 12.1 Å². The predicted molar refractivity (Wildman–Crippen MR) is 59.3 cm³/mol. The van der Waals surface area contributed by atoms with E-state index in [1.54, 1.807) is 0 Å². The van der Waals surface area contributed by atoms with E-state index in [-0.39, 0.29) is 0 Å². The first-order valence-electron chi connectivity index (χ1n) is 5.12. The average Bonchev–Trinajstić information content (AvgIpc) is 2.23. The lowest BCUT2D eigenvalue weighted by atomic mass is 10.1. The summed E-state index contributed by atoms with van der Waals surface area (Å²) in [7, 11) is 0. The van der Waals surface area contributed by atoms with Gasteiger partial charge in [0.1, 0.15) is 6.54 Å². The summed E-state index contributed by atoms with van der Waals surface area (Å²) in [4.78, 5) is 0. The molecule has 0 N–H and O–H groups in total. The van der Waals surface area contributed by atoms with Gasteiger partial charge in [-0.2, -0.15) is 4.57 Å². The molecule has 0 amide bonds. The van der Waals surface area contributed by atoms with E-state index in [2.05, 4.69) is 55.8 Å². The minimum atomic E-state index is 1.03. The van der Waals surface area contributed by atoms with Crippen molar-refractivity contribution in [1.29, 1.82) is 0 Å². The zero-order valence-corrected chi connectivity index (χ0v) is 9.04. The van der Waals surface area contributed by atoms with Gasteiger partial charge in [-0.05, 0) is 32.4 Å². The Morgan fingerprint density at radius 3 is 2.57 bits per heavy atom. The number of fused-ring (bicyclic) bond motifs is 1. The van der Waals surface area contributed by atoms with Crippen molar-refractivity contribution in [1.82, 2.24) is 0 Å². The molecule has 0 saturated heterocycles. The second kappa shape index (κ2) is 3.41. The molecule has 0 aliphatic rings. The molecular formula is C13H16N+. The predicted octanol–water partition coefficient (Wildman–Crippen LogP) is 2.76. The maximum atomic E-state index is 2.30. The second-order valence-corrected chi connectivity index (χ2v) is 3.74. The fourth-order valence-electron chi connectivity index (χ4n) is 1.92. The molecule has 1 aromatic carbocycles. The maximum absolute atomic E-state index is 2.30. The molecule has 0 bridgehead atoms. The van der Waals surface area contributed by atoms with Gasteiger partial charge in [0.25, 0.3) is 0 Å². The number of pyridine rings is 1. The summed E-state index contributed by atoms with van der Waals surface area (Å²) < 4.78 is 2.30. The van der Waals surface area contributed by atoms with Crippen LogP contribution in [0.15, 0.2) is 30.5 Å². The highest BCUT2D eigenvalue weighted by atomic mass is 14.9. The molecule has 0 aliphatic carbocycles. The number of aryl methyl sites for hydroxylation is 3. The van der Waals surface area contributed by atoms with E-state index in [0.717, 1.165) is 6.54 Å². The fraction of sp³-hybridized carbons (Fsp3) is 0.308. The Morgan fingerprint density at radius 1 is 1.14 bits per heavy atom. The summed E-state index contributed by atoms with van der Waals surface area (Å²) in [6, 6.07) is 8.59. The van der Waals surface area contributed by atoms with Crippen molar-refractivity contribution in [2.24, 2.45) is 0 Å². The Labute approximate surface area is 85.0 Å². The molecule has 1 aromatic heterocycles. The highest BCUT2D eigenvalue weighted by molar-refractivity contribution is 5.79. The van der Waals surface area contributed by atoms with E-state index in [1.165, 1.54) is 22.0 Å². The normalized spacial score (nSPS) is 10.8. The van der Waals surface area contributed by atoms with E-state index in [9.17, 15) is 0 Å². The third-order valence-corrected chi connectivity index (χ3v) is 2.90. The zero-order chi connectivity index (χ0) is 10.1. The van der Waals surface area contributed by atoms with E-state index in [1.807, 2.05) is 0 Å². The smallest absolute Gasteiger partial charge is 0.198 e. The Bertz CT molecular complexity index is 472. The quantitative estimate of drug-likeness (QED) is 0.603. The fourth-order valence-corrected chi connectivity index (χ4v) is 1.92. The van der Waals surface area contributed by atoms with Crippen molar-refractivity contribution < 1.29 is 4.57 Å². The number of hydrogen-bond acceptors (Lipinski definition) is 0. The standard InChI is InChI=1S/C13H16N/c1-4-14-9-10(2)11(3)12-7-5-6-8-13(12)14/h5-9H,4H2,1-3H3/q+1. The maximum Gasteiger partial charge on any atom is 0.212 e. The molecule has 0 unspecified atom stereocenters. The van der Waals surface area contributed by atoms with Gasteiger partial charge in [-0.25, -0.2) is 0 Å². The average molecular weight is 186 g/mol. The number of para-hydroxylation sites is 1. The number of aromatic nitrogens is 1. The van der Waals surface area contributed by atoms with Gasteiger partial charge in [0, 0.05) is 17.0 Å². The van der Waals surface area contributed by atoms with Crippen LogP contribution < -0.4 is 4.57 Å². The molecular weight excluding hydrogens is 170 g/mol. The minimum Gasteiger partial charge on any atom is -0.198 e. The van der Waals surface area contributed by atoms with Crippen molar-refractivity contribution in [3.05, 3.63) is 41.6 Å². The minimum absolute atomic E-state index is 1.03. The van der Waals surface area contributed by atoms with Crippen LogP contribution in [0.25, 0.3) is 10.9 Å². The largest absolute Gasteiger partial charge is 0.212 e. The Morgan fingerprint density at radius 2 is 1.86 bits per heavy atom. The zero-order valence-electron chi connectivity index (χ0n) is 9.04. The Hall–Kier alpha value is -1.37. The van der Waals surface area contributed by atoms with Crippen LogP contribution >= 0.6 is 0 Å². The van der Waals surface area contributed by atoms with E-state index in [0.29, 0.717) is 0 Å². The van der Waals surface area contributed by atoms with Crippen molar-refractivity contribution in [2.75, 3.05) is 0 Å². The molecule has 0 fully saturated rings. The first kappa shape index (κ1) is 9.20. The van der Waals surface area contributed by atoms with Crippen molar-refractivity contribution in [3.8, 4) is 0 Å². The molecule has 2 rings (SSSR count). The summed E-state index contributed by atoms with van der Waals surface area (Å²) in [6.45, 7) is 7.58. The van der Waals surface area contributed by atoms with Gasteiger partial charge in [-0.15, -0.1) is 0 Å². The number of hydrogen-bond donors (Lipinski definition) is 0. The van der Waals surface area contributed by atoms with Gasteiger partial charge >= 0.3 is 0 Å². The Balaban J connectivity index is 2.89. The molecule has 2 aromatic rings. The third kappa shape index (κ3) is 1.29. The monoisotopic (exact) mass is 186 g/mol. The van der Waals surface area contributed by atoms with Crippen LogP contribution in [-0.2, 0) is 6.54 Å². The van der Waals surface area contributed by atoms with Crippen molar-refractivity contribution >= 4 is 10.9 Å². The van der Waals surface area contributed by atoms with Crippen LogP contribution in [-0.4, -0.2) is 0 Å². The number of nitrogens with zero attached hydrogens (tertiary/aromatic N) is 1. The molecule has 1 nitrogen and oxygen atoms in total. The van der Waals surface area contributed by atoms with Crippen LogP contribution in [0, 0.1) is 13.8 Å². The SMILES string of the molecule is CC[n+]1cc(C)c(C)c2ccccc21. The summed E-state index contributed by atoms with van der Waals surface area (Å²) in [5.74, 6) is 0. The topological polar surface area (TPSA) is 3.88 Å². The van der Waals surface area contributed by atoms with Crippen LogP contribution in [0.3, 0.4) is 0 Å². The van der Waals surface area contributed by atoms with Crippen molar-refractivity contribution in [3.63, 3.8) is 0 Å². The molecule has 0 saturated carbocycles. The summed E-state index contributed by atoms with van der Waals surface area (Å²) in [5, 5.41) is 1.37.